The molecule has 8 heavy (non-hydrogen) atoms. The summed E-state index contributed by atoms with van der Waals surface area (Å²) in [6.07, 6.45) is 0. The number of phosphoric acid groups is 1. The maximum absolute atomic E-state index is 9.47. The van der Waals surface area contributed by atoms with Crippen molar-refractivity contribution in [1.29, 1.82) is 0 Å². The van der Waals surface area contributed by atoms with Crippen molar-refractivity contribution in [1.82, 2.24) is 0 Å². The normalized spacial score (nSPS) is 8.75. The average molecular weight is 310 g/mol. The molecule has 48 valence electrons. The Morgan fingerprint density at radius 3 is 1.62 bits per heavy atom. The molecule has 0 spiro atoms. The molecule has 0 bridgehead atoms. The molecule has 0 fully saturated rings. The molecule has 0 heterocycles. The average Bonchev–Trinajstić information content (AvgIpc) is 1.35. The van der Waals surface area contributed by atoms with Crippen molar-refractivity contribution in [2.45, 2.75) is 0 Å². The fourth-order valence-corrected chi connectivity index (χ4v) is 0. The Morgan fingerprint density at radius 2 is 1.62 bits per heavy atom. The Morgan fingerprint density at radius 1 is 1.50 bits per heavy atom. The van der Waals surface area contributed by atoms with Gasteiger partial charge in [0.15, 0.2) is 0 Å². The first-order valence-corrected chi connectivity index (χ1v) is 2.70. The van der Waals surface area contributed by atoms with Crippen LogP contribution in [-0.4, -0.2) is 17.8 Å². The molecule has 0 unspecified atom stereocenters. The zero-order valence-electron chi connectivity index (χ0n) is 4.01. The van der Waals surface area contributed by atoms with Crippen LogP contribution in [0.4, 0.5) is 0 Å². The van der Waals surface area contributed by atoms with Crippen molar-refractivity contribution >= 4 is 15.9 Å². The van der Waals surface area contributed by atoms with Crippen molar-refractivity contribution in [3.05, 3.63) is 0 Å². The molecule has 0 aromatic rings. The SMILES string of the molecule is BOP(=O)(O)O.[Fe].[Nd]. The van der Waals surface area contributed by atoms with E-state index < -0.39 is 7.82 Å². The molecule has 0 aromatic carbocycles. The van der Waals surface area contributed by atoms with Crippen molar-refractivity contribution < 1.29 is 76.7 Å². The molecule has 0 atom stereocenters. The Bertz CT molecular complexity index is 80.1. The predicted molar refractivity (Wildman–Crippen MR) is 21.7 cm³/mol. The zero-order chi connectivity index (χ0) is 5.21. The van der Waals surface area contributed by atoms with E-state index in [9.17, 15) is 4.57 Å². The summed E-state index contributed by atoms with van der Waals surface area (Å²) in [6, 6.07) is 0. The van der Waals surface area contributed by atoms with Crippen LogP contribution in [0.5, 0.6) is 0 Å². The molecule has 0 saturated heterocycles. The molecule has 0 aromatic heterocycles. The molecule has 0 aliphatic rings. The third kappa shape index (κ3) is 15.7. The molecule has 0 aliphatic heterocycles. The van der Waals surface area contributed by atoms with Crippen LogP contribution in [-0.2, 0) is 26.1 Å². The van der Waals surface area contributed by atoms with E-state index in [-0.39, 0.29) is 57.9 Å². The van der Waals surface area contributed by atoms with Gasteiger partial charge in [-0.25, -0.2) is 4.57 Å². The smallest absolute Gasteiger partial charge is 0.358 e. The van der Waals surface area contributed by atoms with Crippen LogP contribution in [0.3, 0.4) is 0 Å². The minimum absolute atomic E-state index is 0. The van der Waals surface area contributed by atoms with Gasteiger partial charge in [-0.3, -0.25) is 0 Å². The second-order valence-corrected chi connectivity index (χ2v) is 2.02. The van der Waals surface area contributed by atoms with Gasteiger partial charge in [0, 0.05) is 57.9 Å². The minimum Gasteiger partial charge on any atom is -0.358 e. The maximum atomic E-state index is 9.47. The summed E-state index contributed by atoms with van der Waals surface area (Å²) in [5.41, 5.74) is 0. The van der Waals surface area contributed by atoms with E-state index in [1.165, 1.54) is 0 Å². The second kappa shape index (κ2) is 7.16. The molecule has 0 amide bonds. The minimum atomic E-state index is -4.15. The Kier molecular flexibility index (Phi) is 14.8. The quantitative estimate of drug-likeness (QED) is 0.464. The van der Waals surface area contributed by atoms with E-state index in [2.05, 4.69) is 4.44 Å². The van der Waals surface area contributed by atoms with Crippen LogP contribution >= 0.6 is 7.82 Å². The van der Waals surface area contributed by atoms with Crippen LogP contribution in [0.1, 0.15) is 0 Å². The van der Waals surface area contributed by atoms with Gasteiger partial charge in [-0.1, -0.05) is 0 Å². The standard InChI is InChI=1S/BH4O4P.Fe.Nd/c1-5-6(2,3)4;;/h1H2,(H2,2,3,4);;. The summed E-state index contributed by atoms with van der Waals surface area (Å²) in [5, 5.41) is 0. The van der Waals surface area contributed by atoms with Gasteiger partial charge in [0.25, 0.3) is 8.05 Å². The van der Waals surface area contributed by atoms with Crippen molar-refractivity contribution in [2.75, 3.05) is 0 Å². The predicted octanol–water partition coefficient (Wildman–Crippen LogP) is -1.36. The molecule has 0 aliphatic carbocycles. The molecule has 2 N–H and O–H groups in total. The summed E-state index contributed by atoms with van der Waals surface area (Å²) < 4.78 is 13.1. The number of rotatable bonds is 1. The van der Waals surface area contributed by atoms with Gasteiger partial charge in [0.1, 0.15) is 0 Å². The molecular weight excluding hydrogens is 306 g/mol. The van der Waals surface area contributed by atoms with E-state index >= 15 is 0 Å². The summed E-state index contributed by atoms with van der Waals surface area (Å²) in [7, 11) is -3.20. The molecule has 0 rings (SSSR count). The fraction of sp³-hybridized carbons (Fsp3) is 0. The zero-order valence-corrected chi connectivity index (χ0v) is 9.22. The van der Waals surface area contributed by atoms with Crippen molar-refractivity contribution in [2.24, 2.45) is 0 Å². The Hall–Kier alpha value is 2.05. The summed E-state index contributed by atoms with van der Waals surface area (Å²) in [6.45, 7) is 0. The van der Waals surface area contributed by atoms with Crippen molar-refractivity contribution in [3.8, 4) is 0 Å². The van der Waals surface area contributed by atoms with Gasteiger partial charge >= 0.3 is 7.82 Å². The number of hydrogen-bond donors (Lipinski definition) is 2. The van der Waals surface area contributed by atoms with Gasteiger partial charge in [-0.2, -0.15) is 0 Å². The second-order valence-electron chi connectivity index (χ2n) is 0.673. The van der Waals surface area contributed by atoms with Gasteiger partial charge < -0.3 is 14.2 Å². The first-order valence-electron chi connectivity index (χ1n) is 1.17. The fourth-order valence-electron chi connectivity index (χ4n) is 0. The monoisotopic (exact) mass is 308 g/mol. The van der Waals surface area contributed by atoms with Gasteiger partial charge in [-0.05, 0) is 0 Å². The third-order valence-corrected chi connectivity index (χ3v) is 0.714. The molecule has 0 saturated carbocycles. The third-order valence-electron chi connectivity index (χ3n) is 0.238. The van der Waals surface area contributed by atoms with Gasteiger partial charge in [0.2, 0.25) is 0 Å². The van der Waals surface area contributed by atoms with E-state index in [4.69, 9.17) is 9.79 Å². The Balaban J connectivity index is -0.000000125. The molecule has 0 radical (unpaired) electrons. The first kappa shape index (κ1) is 16.6. The van der Waals surface area contributed by atoms with E-state index in [0.29, 0.717) is 0 Å². The molecule has 4 nitrogen and oxygen atoms in total. The molecular formula is H4BFeNdO4P. The van der Waals surface area contributed by atoms with Crippen LogP contribution < -0.4 is 0 Å². The topological polar surface area (TPSA) is 66.8 Å². The van der Waals surface area contributed by atoms with Crippen LogP contribution in [0.2, 0.25) is 0 Å². The largest absolute Gasteiger partial charge is 0.454 e. The summed E-state index contributed by atoms with van der Waals surface area (Å²) in [4.78, 5) is 15.4. The van der Waals surface area contributed by atoms with Gasteiger partial charge in [-0.15, -0.1) is 0 Å². The number of hydrogen-bond acceptors (Lipinski definition) is 2. The molecule has 8 heteroatoms. The van der Waals surface area contributed by atoms with Crippen LogP contribution in [0.15, 0.2) is 0 Å². The van der Waals surface area contributed by atoms with E-state index in [1.807, 2.05) is 0 Å². The first-order chi connectivity index (χ1) is 2.56. The van der Waals surface area contributed by atoms with Gasteiger partial charge in [0.05, 0.1) is 0 Å². The Labute approximate surface area is 91.4 Å². The summed E-state index contributed by atoms with van der Waals surface area (Å²) in [5.74, 6) is 0. The van der Waals surface area contributed by atoms with Crippen molar-refractivity contribution in [3.63, 3.8) is 0 Å². The van der Waals surface area contributed by atoms with E-state index in [1.54, 1.807) is 0 Å². The summed E-state index contributed by atoms with van der Waals surface area (Å²) >= 11 is 0. The maximum Gasteiger partial charge on any atom is 0.454 e. The van der Waals surface area contributed by atoms with E-state index in [0.717, 1.165) is 8.05 Å². The van der Waals surface area contributed by atoms with Crippen LogP contribution in [0, 0.1) is 40.8 Å². The van der Waals surface area contributed by atoms with Crippen LogP contribution in [0.25, 0.3) is 0 Å².